The standard InChI is InChI=1S/C11H13N5O/c17-10(12-11-13-15-16-14-11)8-4-7-9-5-2-1-3-6-9/h1-3,5-6H,4,7-8H2,(H2,12,13,14,15,16,17). The summed E-state index contributed by atoms with van der Waals surface area (Å²) >= 11 is 0. The van der Waals surface area contributed by atoms with Crippen LogP contribution in [0.25, 0.3) is 0 Å². The number of aromatic amines is 1. The van der Waals surface area contributed by atoms with Crippen molar-refractivity contribution in [2.24, 2.45) is 0 Å². The van der Waals surface area contributed by atoms with Crippen molar-refractivity contribution in [1.82, 2.24) is 20.6 Å². The number of aromatic nitrogens is 4. The lowest BCUT2D eigenvalue weighted by Crippen LogP contribution is -2.12. The van der Waals surface area contributed by atoms with Crippen molar-refractivity contribution in [3.05, 3.63) is 35.9 Å². The van der Waals surface area contributed by atoms with E-state index in [2.05, 4.69) is 38.1 Å². The summed E-state index contributed by atoms with van der Waals surface area (Å²) in [5.74, 6) is 0.203. The lowest BCUT2D eigenvalue weighted by Gasteiger charge is -2.01. The maximum Gasteiger partial charge on any atom is 0.246 e. The average Bonchev–Trinajstić information content (AvgIpc) is 2.83. The van der Waals surface area contributed by atoms with Crippen LogP contribution in [0.5, 0.6) is 0 Å². The zero-order chi connectivity index (χ0) is 11.9. The van der Waals surface area contributed by atoms with Gasteiger partial charge in [0.25, 0.3) is 0 Å². The molecule has 2 rings (SSSR count). The highest BCUT2D eigenvalue weighted by molar-refractivity contribution is 5.88. The van der Waals surface area contributed by atoms with E-state index in [0.717, 1.165) is 12.8 Å². The van der Waals surface area contributed by atoms with Crippen LogP contribution >= 0.6 is 0 Å². The van der Waals surface area contributed by atoms with Gasteiger partial charge in [0.05, 0.1) is 0 Å². The number of nitrogens with one attached hydrogen (secondary N) is 2. The molecular weight excluding hydrogens is 218 g/mol. The molecular formula is C11H13N5O. The fourth-order valence-corrected chi connectivity index (χ4v) is 1.50. The van der Waals surface area contributed by atoms with Gasteiger partial charge in [0.2, 0.25) is 11.9 Å². The average molecular weight is 231 g/mol. The topological polar surface area (TPSA) is 83.6 Å². The number of nitrogens with zero attached hydrogens (tertiary/aromatic N) is 3. The number of hydrogen-bond acceptors (Lipinski definition) is 4. The molecule has 0 radical (unpaired) electrons. The van der Waals surface area contributed by atoms with Gasteiger partial charge in [0, 0.05) is 6.42 Å². The second-order valence-corrected chi connectivity index (χ2v) is 3.64. The molecule has 0 bridgehead atoms. The predicted molar refractivity (Wildman–Crippen MR) is 62.2 cm³/mol. The maximum atomic E-state index is 11.5. The molecule has 0 aliphatic heterocycles. The first-order valence-electron chi connectivity index (χ1n) is 5.42. The Balaban J connectivity index is 1.70. The fourth-order valence-electron chi connectivity index (χ4n) is 1.50. The molecule has 1 aromatic heterocycles. The molecule has 1 amide bonds. The number of rotatable bonds is 5. The molecule has 0 aliphatic carbocycles. The minimum absolute atomic E-state index is 0.0838. The summed E-state index contributed by atoms with van der Waals surface area (Å²) in [6.07, 6.45) is 2.15. The minimum Gasteiger partial charge on any atom is -0.294 e. The summed E-state index contributed by atoms with van der Waals surface area (Å²) < 4.78 is 0. The largest absolute Gasteiger partial charge is 0.294 e. The van der Waals surface area contributed by atoms with Crippen LogP contribution in [-0.4, -0.2) is 26.5 Å². The first kappa shape index (κ1) is 11.3. The zero-order valence-corrected chi connectivity index (χ0v) is 9.26. The Morgan fingerprint density at radius 3 is 2.82 bits per heavy atom. The van der Waals surface area contributed by atoms with E-state index in [1.54, 1.807) is 0 Å². The van der Waals surface area contributed by atoms with Gasteiger partial charge in [0.1, 0.15) is 0 Å². The van der Waals surface area contributed by atoms with Crippen LogP contribution < -0.4 is 5.32 Å². The highest BCUT2D eigenvalue weighted by Crippen LogP contribution is 2.05. The van der Waals surface area contributed by atoms with Crippen LogP contribution in [0.15, 0.2) is 30.3 Å². The molecule has 88 valence electrons. The minimum atomic E-state index is -0.0838. The van der Waals surface area contributed by atoms with Crippen molar-refractivity contribution in [3.63, 3.8) is 0 Å². The number of amides is 1. The summed E-state index contributed by atoms with van der Waals surface area (Å²) in [6.45, 7) is 0. The molecule has 0 atom stereocenters. The predicted octanol–water partition coefficient (Wildman–Crippen LogP) is 1.16. The Labute approximate surface area is 98.4 Å². The van der Waals surface area contributed by atoms with Crippen molar-refractivity contribution < 1.29 is 4.79 Å². The molecule has 6 heteroatoms. The second kappa shape index (κ2) is 5.74. The summed E-state index contributed by atoms with van der Waals surface area (Å²) in [5.41, 5.74) is 1.24. The molecule has 0 saturated carbocycles. The number of carbonyl (C=O) groups excluding carboxylic acids is 1. The maximum absolute atomic E-state index is 11.5. The molecule has 0 spiro atoms. The number of aryl methyl sites for hydroxylation is 1. The molecule has 17 heavy (non-hydrogen) atoms. The normalized spacial score (nSPS) is 10.1. The number of hydrogen-bond donors (Lipinski definition) is 2. The van der Waals surface area contributed by atoms with Crippen molar-refractivity contribution in [2.75, 3.05) is 5.32 Å². The van der Waals surface area contributed by atoms with E-state index in [4.69, 9.17) is 0 Å². The Bertz CT molecular complexity index is 454. The van der Waals surface area contributed by atoms with E-state index in [-0.39, 0.29) is 11.9 Å². The van der Waals surface area contributed by atoms with Gasteiger partial charge in [-0.05, 0) is 28.8 Å². The molecule has 0 aliphatic rings. The van der Waals surface area contributed by atoms with Crippen LogP contribution in [0, 0.1) is 0 Å². The Morgan fingerprint density at radius 1 is 1.29 bits per heavy atom. The van der Waals surface area contributed by atoms with Gasteiger partial charge in [0.15, 0.2) is 0 Å². The number of H-pyrrole nitrogens is 1. The quantitative estimate of drug-likeness (QED) is 0.808. The summed E-state index contributed by atoms with van der Waals surface area (Å²) in [5, 5.41) is 15.4. The molecule has 0 unspecified atom stereocenters. The van der Waals surface area contributed by atoms with Crippen molar-refractivity contribution in [3.8, 4) is 0 Å². The molecule has 0 fully saturated rings. The smallest absolute Gasteiger partial charge is 0.246 e. The van der Waals surface area contributed by atoms with Crippen LogP contribution in [0.1, 0.15) is 18.4 Å². The van der Waals surface area contributed by atoms with Gasteiger partial charge in [-0.25, -0.2) is 5.10 Å². The van der Waals surface area contributed by atoms with E-state index < -0.39 is 0 Å². The monoisotopic (exact) mass is 231 g/mol. The lowest BCUT2D eigenvalue weighted by atomic mass is 10.1. The van der Waals surface area contributed by atoms with Crippen molar-refractivity contribution >= 4 is 11.9 Å². The van der Waals surface area contributed by atoms with Gasteiger partial charge in [-0.1, -0.05) is 35.4 Å². The van der Waals surface area contributed by atoms with Crippen LogP contribution in [-0.2, 0) is 11.2 Å². The molecule has 2 aromatic rings. The molecule has 1 aromatic carbocycles. The van der Waals surface area contributed by atoms with E-state index in [1.165, 1.54) is 5.56 Å². The first-order valence-corrected chi connectivity index (χ1v) is 5.42. The van der Waals surface area contributed by atoms with Crippen LogP contribution in [0.3, 0.4) is 0 Å². The molecule has 0 saturated heterocycles. The Morgan fingerprint density at radius 2 is 2.12 bits per heavy atom. The Kier molecular flexibility index (Phi) is 3.80. The van der Waals surface area contributed by atoms with Crippen molar-refractivity contribution in [1.29, 1.82) is 0 Å². The summed E-state index contributed by atoms with van der Waals surface area (Å²) in [6, 6.07) is 10.1. The van der Waals surface area contributed by atoms with Crippen molar-refractivity contribution in [2.45, 2.75) is 19.3 Å². The van der Waals surface area contributed by atoms with E-state index >= 15 is 0 Å². The SMILES string of the molecule is O=C(CCCc1ccccc1)Nc1nnn[nH]1. The number of carbonyl (C=O) groups is 1. The van der Waals surface area contributed by atoms with E-state index in [0.29, 0.717) is 6.42 Å². The summed E-state index contributed by atoms with van der Waals surface area (Å²) in [4.78, 5) is 11.5. The number of tetrazole rings is 1. The van der Waals surface area contributed by atoms with E-state index in [1.807, 2.05) is 18.2 Å². The third kappa shape index (κ3) is 3.67. The second-order valence-electron chi connectivity index (χ2n) is 3.64. The van der Waals surface area contributed by atoms with Crippen LogP contribution in [0.4, 0.5) is 5.95 Å². The van der Waals surface area contributed by atoms with Gasteiger partial charge in [-0.2, -0.15) is 0 Å². The summed E-state index contributed by atoms with van der Waals surface area (Å²) in [7, 11) is 0. The van der Waals surface area contributed by atoms with Crippen LogP contribution in [0.2, 0.25) is 0 Å². The third-order valence-electron chi connectivity index (χ3n) is 2.32. The first-order chi connectivity index (χ1) is 8.34. The molecule has 2 N–H and O–H groups in total. The highest BCUT2D eigenvalue weighted by Gasteiger charge is 2.04. The zero-order valence-electron chi connectivity index (χ0n) is 9.26. The van der Waals surface area contributed by atoms with E-state index in [9.17, 15) is 4.79 Å². The van der Waals surface area contributed by atoms with Gasteiger partial charge >= 0.3 is 0 Å². The number of anilines is 1. The van der Waals surface area contributed by atoms with Gasteiger partial charge < -0.3 is 0 Å². The molecule has 6 nitrogen and oxygen atoms in total. The number of benzene rings is 1. The fraction of sp³-hybridized carbons (Fsp3) is 0.273. The Hall–Kier alpha value is -2.24. The van der Waals surface area contributed by atoms with Gasteiger partial charge in [-0.3, -0.25) is 10.1 Å². The molecule has 1 heterocycles. The highest BCUT2D eigenvalue weighted by atomic mass is 16.1. The third-order valence-corrected chi connectivity index (χ3v) is 2.32. The van der Waals surface area contributed by atoms with Gasteiger partial charge in [-0.15, -0.1) is 0 Å². The lowest BCUT2D eigenvalue weighted by molar-refractivity contribution is -0.116.